The molecule has 0 aliphatic heterocycles. The second-order valence-corrected chi connectivity index (χ2v) is 6.19. The van der Waals surface area contributed by atoms with Crippen molar-refractivity contribution in [2.24, 2.45) is 0 Å². The largest absolute Gasteiger partial charge is 0.236 e. The van der Waals surface area contributed by atoms with E-state index < -0.39 is 9.84 Å². The number of aromatic nitrogens is 2. The van der Waals surface area contributed by atoms with E-state index in [-0.39, 0.29) is 16.7 Å². The molecule has 4 nitrogen and oxygen atoms in total. The van der Waals surface area contributed by atoms with Gasteiger partial charge in [-0.3, -0.25) is 0 Å². The van der Waals surface area contributed by atoms with Crippen molar-refractivity contribution < 1.29 is 8.42 Å². The third-order valence-electron chi connectivity index (χ3n) is 1.41. The van der Waals surface area contributed by atoms with E-state index in [1.165, 1.54) is 0 Å². The fourth-order valence-electron chi connectivity index (χ4n) is 0.878. The van der Waals surface area contributed by atoms with E-state index in [0.29, 0.717) is 10.2 Å². The van der Waals surface area contributed by atoms with Crippen molar-refractivity contribution in [2.45, 2.75) is 12.7 Å². The van der Waals surface area contributed by atoms with Crippen molar-refractivity contribution in [1.82, 2.24) is 9.97 Å². The standard InChI is InChI=1S/C7H8BrClN2O2S/c1-4-6(8)7(9)11-5(10-4)3-14(2,12)13/h3H2,1-2H3. The van der Waals surface area contributed by atoms with Crippen molar-refractivity contribution >= 4 is 37.4 Å². The predicted octanol–water partition coefficient (Wildman–Crippen LogP) is 1.75. The topological polar surface area (TPSA) is 59.9 Å². The summed E-state index contributed by atoms with van der Waals surface area (Å²) in [6.07, 6.45) is 1.13. The Balaban J connectivity index is 3.14. The lowest BCUT2D eigenvalue weighted by Crippen LogP contribution is -2.06. The normalized spacial score (nSPS) is 11.7. The fourth-order valence-corrected chi connectivity index (χ4v) is 1.89. The van der Waals surface area contributed by atoms with Crippen LogP contribution in [0.5, 0.6) is 0 Å². The SMILES string of the molecule is Cc1nc(CS(C)(=O)=O)nc(Cl)c1Br. The first-order valence-electron chi connectivity index (χ1n) is 3.66. The molecule has 7 heteroatoms. The molecule has 0 bridgehead atoms. The Morgan fingerprint density at radius 1 is 1.43 bits per heavy atom. The molecule has 0 atom stereocenters. The van der Waals surface area contributed by atoms with E-state index in [4.69, 9.17) is 11.6 Å². The maximum atomic E-state index is 11.0. The summed E-state index contributed by atoms with van der Waals surface area (Å²) in [4.78, 5) is 7.84. The van der Waals surface area contributed by atoms with E-state index in [2.05, 4.69) is 25.9 Å². The summed E-state index contributed by atoms with van der Waals surface area (Å²) in [6.45, 7) is 1.73. The molecule has 14 heavy (non-hydrogen) atoms. The lowest BCUT2D eigenvalue weighted by molar-refractivity contribution is 0.599. The van der Waals surface area contributed by atoms with Crippen LogP contribution in [0.4, 0.5) is 0 Å². The fraction of sp³-hybridized carbons (Fsp3) is 0.429. The highest BCUT2D eigenvalue weighted by Crippen LogP contribution is 2.22. The highest BCUT2D eigenvalue weighted by atomic mass is 79.9. The van der Waals surface area contributed by atoms with Crippen molar-refractivity contribution in [2.75, 3.05) is 6.26 Å². The van der Waals surface area contributed by atoms with Crippen LogP contribution in [0.25, 0.3) is 0 Å². The lowest BCUT2D eigenvalue weighted by atomic mass is 10.4. The van der Waals surface area contributed by atoms with E-state index >= 15 is 0 Å². The predicted molar refractivity (Wildman–Crippen MR) is 58.0 cm³/mol. The second-order valence-electron chi connectivity index (χ2n) is 2.90. The molecule has 0 aromatic carbocycles. The van der Waals surface area contributed by atoms with Crippen molar-refractivity contribution in [3.8, 4) is 0 Å². The van der Waals surface area contributed by atoms with Gasteiger partial charge in [0.2, 0.25) is 0 Å². The van der Waals surface area contributed by atoms with Gasteiger partial charge in [-0.2, -0.15) is 0 Å². The Labute approximate surface area is 95.8 Å². The van der Waals surface area contributed by atoms with Crippen LogP contribution < -0.4 is 0 Å². The first-order chi connectivity index (χ1) is 6.29. The summed E-state index contributed by atoms with van der Waals surface area (Å²) in [7, 11) is -3.12. The van der Waals surface area contributed by atoms with Gasteiger partial charge in [0, 0.05) is 6.26 Å². The number of halogens is 2. The van der Waals surface area contributed by atoms with E-state index in [1.54, 1.807) is 6.92 Å². The highest BCUT2D eigenvalue weighted by Gasteiger charge is 2.11. The molecule has 1 rings (SSSR count). The molecule has 0 aliphatic rings. The smallest absolute Gasteiger partial charge is 0.154 e. The molecular weight excluding hydrogens is 292 g/mol. The van der Waals surface area contributed by atoms with Gasteiger partial charge in [0.1, 0.15) is 16.7 Å². The van der Waals surface area contributed by atoms with E-state index in [9.17, 15) is 8.42 Å². The minimum absolute atomic E-state index is 0.194. The molecule has 1 aromatic rings. The summed E-state index contributed by atoms with van der Waals surface area (Å²) >= 11 is 8.94. The summed E-state index contributed by atoms with van der Waals surface area (Å²) in [5, 5.41) is 0.233. The van der Waals surface area contributed by atoms with Gasteiger partial charge in [0.15, 0.2) is 9.84 Å². The van der Waals surface area contributed by atoms with Crippen molar-refractivity contribution in [3.63, 3.8) is 0 Å². The molecule has 78 valence electrons. The van der Waals surface area contributed by atoms with Crippen LogP contribution in [0.3, 0.4) is 0 Å². The number of rotatable bonds is 2. The Hall–Kier alpha value is -0.200. The number of hydrogen-bond donors (Lipinski definition) is 0. The van der Waals surface area contributed by atoms with Crippen LogP contribution in [0.15, 0.2) is 4.47 Å². The summed E-state index contributed by atoms with van der Waals surface area (Å²) in [6, 6.07) is 0. The van der Waals surface area contributed by atoms with E-state index in [1.807, 2.05) is 0 Å². The molecule has 0 aliphatic carbocycles. The number of sulfone groups is 1. The Morgan fingerprint density at radius 2 is 2.00 bits per heavy atom. The zero-order chi connectivity index (χ0) is 10.9. The molecule has 1 heterocycles. The van der Waals surface area contributed by atoms with Gasteiger partial charge < -0.3 is 0 Å². The Kier molecular flexibility index (Phi) is 3.49. The monoisotopic (exact) mass is 298 g/mol. The quantitative estimate of drug-likeness (QED) is 0.781. The van der Waals surface area contributed by atoms with Crippen LogP contribution in [0.1, 0.15) is 11.5 Å². The third kappa shape index (κ3) is 3.18. The molecular formula is C7H8BrClN2O2S. The molecule has 1 aromatic heterocycles. The van der Waals surface area contributed by atoms with Crippen molar-refractivity contribution in [1.29, 1.82) is 0 Å². The lowest BCUT2D eigenvalue weighted by Gasteiger charge is -2.03. The third-order valence-corrected chi connectivity index (χ3v) is 3.65. The van der Waals surface area contributed by atoms with Gasteiger partial charge in [0.05, 0.1) is 10.2 Å². The zero-order valence-corrected chi connectivity index (χ0v) is 10.7. The Morgan fingerprint density at radius 3 is 2.43 bits per heavy atom. The minimum atomic E-state index is -3.12. The molecule has 0 unspecified atom stereocenters. The van der Waals surface area contributed by atoms with E-state index in [0.717, 1.165) is 6.26 Å². The molecule has 0 saturated heterocycles. The van der Waals surface area contributed by atoms with Gasteiger partial charge in [-0.1, -0.05) is 11.6 Å². The zero-order valence-electron chi connectivity index (χ0n) is 7.58. The maximum absolute atomic E-state index is 11.0. The molecule has 0 amide bonds. The Bertz CT molecular complexity index is 438. The van der Waals surface area contributed by atoms with Crippen LogP contribution in [0.2, 0.25) is 5.15 Å². The van der Waals surface area contributed by atoms with Gasteiger partial charge in [0.25, 0.3) is 0 Å². The van der Waals surface area contributed by atoms with Gasteiger partial charge in [-0.25, -0.2) is 18.4 Å². The molecule has 0 spiro atoms. The maximum Gasteiger partial charge on any atom is 0.154 e. The molecule has 0 radical (unpaired) electrons. The molecule has 0 saturated carbocycles. The van der Waals surface area contributed by atoms with Gasteiger partial charge in [-0.05, 0) is 22.9 Å². The minimum Gasteiger partial charge on any atom is -0.236 e. The van der Waals surface area contributed by atoms with Crippen LogP contribution in [-0.2, 0) is 15.6 Å². The summed E-state index contributed by atoms with van der Waals surface area (Å²) < 4.78 is 22.5. The number of nitrogens with zero attached hydrogens (tertiary/aromatic N) is 2. The highest BCUT2D eigenvalue weighted by molar-refractivity contribution is 9.10. The summed E-state index contributed by atoms with van der Waals surface area (Å²) in [5.74, 6) is 0.0269. The molecule has 0 fully saturated rings. The van der Waals surface area contributed by atoms with Crippen LogP contribution in [-0.4, -0.2) is 24.6 Å². The summed E-state index contributed by atoms with van der Waals surface area (Å²) in [5.41, 5.74) is 0.628. The van der Waals surface area contributed by atoms with Gasteiger partial charge in [-0.15, -0.1) is 0 Å². The van der Waals surface area contributed by atoms with Crippen molar-refractivity contribution in [3.05, 3.63) is 21.1 Å². The number of hydrogen-bond acceptors (Lipinski definition) is 4. The number of aryl methyl sites for hydroxylation is 1. The van der Waals surface area contributed by atoms with Gasteiger partial charge >= 0.3 is 0 Å². The average molecular weight is 300 g/mol. The molecule has 0 N–H and O–H groups in total. The first kappa shape index (κ1) is 11.9. The van der Waals surface area contributed by atoms with Crippen LogP contribution >= 0.6 is 27.5 Å². The second kappa shape index (κ2) is 4.12. The average Bonchev–Trinajstić information content (AvgIpc) is 1.96. The van der Waals surface area contributed by atoms with Crippen LogP contribution in [0, 0.1) is 6.92 Å². The first-order valence-corrected chi connectivity index (χ1v) is 6.89.